The average Bonchev–Trinajstić information content (AvgIpc) is 3.10. The lowest BCUT2D eigenvalue weighted by molar-refractivity contribution is -0.00331. The van der Waals surface area contributed by atoms with E-state index >= 15 is 0 Å². The van der Waals surface area contributed by atoms with Gasteiger partial charge in [0.25, 0.3) is 0 Å². The minimum absolute atomic E-state index is 0.327. The van der Waals surface area contributed by atoms with Crippen molar-refractivity contribution in [3.05, 3.63) is 0 Å². The summed E-state index contributed by atoms with van der Waals surface area (Å²) in [4.78, 5) is 2.54. The van der Waals surface area contributed by atoms with Gasteiger partial charge in [-0.3, -0.25) is 4.90 Å². The minimum Gasteiger partial charge on any atom is -0.383 e. The Balaban J connectivity index is 1.98. The highest BCUT2D eigenvalue weighted by Crippen LogP contribution is 2.36. The maximum Gasteiger partial charge on any atom is 0.0743 e. The topological polar surface area (TPSA) is 47.7 Å². The van der Waals surface area contributed by atoms with Crippen molar-refractivity contribution in [2.75, 3.05) is 33.4 Å². The summed E-state index contributed by atoms with van der Waals surface area (Å²) in [5.74, 6) is 0.859. The molecule has 18 heavy (non-hydrogen) atoms. The molecule has 4 nitrogen and oxygen atoms in total. The van der Waals surface area contributed by atoms with Gasteiger partial charge in [-0.25, -0.2) is 0 Å². The van der Waals surface area contributed by atoms with Gasteiger partial charge >= 0.3 is 0 Å². The van der Waals surface area contributed by atoms with Gasteiger partial charge in [-0.15, -0.1) is 0 Å². The molecule has 2 N–H and O–H groups in total. The largest absolute Gasteiger partial charge is 0.383 e. The first kappa shape index (κ1) is 14.3. The summed E-state index contributed by atoms with van der Waals surface area (Å²) in [5, 5.41) is 0. The van der Waals surface area contributed by atoms with Gasteiger partial charge in [0.2, 0.25) is 0 Å². The van der Waals surface area contributed by atoms with Gasteiger partial charge < -0.3 is 15.2 Å². The predicted molar refractivity (Wildman–Crippen MR) is 72.6 cm³/mol. The molecule has 4 heteroatoms. The zero-order valence-corrected chi connectivity index (χ0v) is 11.8. The van der Waals surface area contributed by atoms with Gasteiger partial charge in [0.1, 0.15) is 0 Å². The zero-order valence-electron chi connectivity index (χ0n) is 11.8. The van der Waals surface area contributed by atoms with E-state index in [1.165, 1.54) is 19.3 Å². The molecular weight excluding hydrogens is 228 g/mol. The van der Waals surface area contributed by atoms with Gasteiger partial charge in [-0.2, -0.15) is 0 Å². The maximum absolute atomic E-state index is 6.02. The van der Waals surface area contributed by atoms with Gasteiger partial charge in [-0.1, -0.05) is 0 Å². The summed E-state index contributed by atoms with van der Waals surface area (Å²) >= 11 is 0. The average molecular weight is 256 g/mol. The van der Waals surface area contributed by atoms with E-state index in [-0.39, 0.29) is 0 Å². The van der Waals surface area contributed by atoms with Crippen molar-refractivity contribution in [3.63, 3.8) is 0 Å². The number of methoxy groups -OCH3 is 1. The van der Waals surface area contributed by atoms with E-state index in [1.807, 2.05) is 0 Å². The lowest BCUT2D eigenvalue weighted by Gasteiger charge is -2.38. The normalized spacial score (nSPS) is 27.7. The number of hydrogen-bond donors (Lipinski definition) is 1. The van der Waals surface area contributed by atoms with Crippen LogP contribution in [-0.4, -0.2) is 56.5 Å². The van der Waals surface area contributed by atoms with Crippen LogP contribution in [-0.2, 0) is 9.47 Å². The number of nitrogens with zero attached hydrogens (tertiary/aromatic N) is 1. The number of ether oxygens (including phenoxy) is 2. The Morgan fingerprint density at radius 3 is 2.67 bits per heavy atom. The van der Waals surface area contributed by atoms with Crippen molar-refractivity contribution in [1.82, 2.24) is 4.90 Å². The summed E-state index contributed by atoms with van der Waals surface area (Å²) in [7, 11) is 1.77. The molecule has 2 aliphatic rings. The molecule has 3 atom stereocenters. The fourth-order valence-electron chi connectivity index (χ4n) is 3.12. The van der Waals surface area contributed by atoms with Crippen LogP contribution in [0.1, 0.15) is 32.6 Å². The third-order valence-electron chi connectivity index (χ3n) is 4.44. The number of hydrogen-bond acceptors (Lipinski definition) is 4. The van der Waals surface area contributed by atoms with Crippen LogP contribution in [0.3, 0.4) is 0 Å². The van der Waals surface area contributed by atoms with Crippen molar-refractivity contribution < 1.29 is 9.47 Å². The molecule has 0 aromatic rings. The number of nitrogens with two attached hydrogens (primary N) is 1. The molecule has 1 aliphatic carbocycles. The van der Waals surface area contributed by atoms with E-state index in [4.69, 9.17) is 15.2 Å². The van der Waals surface area contributed by atoms with Crippen LogP contribution in [0.15, 0.2) is 0 Å². The second-order valence-electron chi connectivity index (χ2n) is 5.66. The summed E-state index contributed by atoms with van der Waals surface area (Å²) < 4.78 is 11.1. The van der Waals surface area contributed by atoms with Crippen LogP contribution in [0.25, 0.3) is 0 Å². The van der Waals surface area contributed by atoms with E-state index in [0.717, 1.165) is 32.1 Å². The van der Waals surface area contributed by atoms with E-state index in [9.17, 15) is 0 Å². The summed E-state index contributed by atoms with van der Waals surface area (Å²) in [6.45, 7) is 5.67. The Labute approximate surface area is 111 Å². The molecule has 3 unspecified atom stereocenters. The molecule has 0 amide bonds. The highest BCUT2D eigenvalue weighted by molar-refractivity contribution is 4.92. The molecular formula is C14H28N2O2. The second-order valence-corrected chi connectivity index (χ2v) is 5.66. The van der Waals surface area contributed by atoms with E-state index in [2.05, 4.69) is 11.8 Å². The lowest BCUT2D eigenvalue weighted by Crippen LogP contribution is -2.53. The maximum atomic E-state index is 6.02. The Bertz CT molecular complexity index is 240. The first-order valence-corrected chi connectivity index (χ1v) is 7.34. The Hall–Kier alpha value is -0.160. The molecule has 0 aromatic heterocycles. The molecule has 0 bridgehead atoms. The standard InChI is InChI=1S/C14H28N2O2/c1-11(12-5-6-12)16(7-9-17-2)13(10-15)14-4-3-8-18-14/h11-14H,3-10,15H2,1-2H3. The number of rotatable bonds is 8. The second kappa shape index (κ2) is 6.85. The van der Waals surface area contributed by atoms with Crippen molar-refractivity contribution in [1.29, 1.82) is 0 Å². The molecule has 0 spiro atoms. The molecule has 1 saturated carbocycles. The minimum atomic E-state index is 0.327. The molecule has 1 heterocycles. The first-order chi connectivity index (χ1) is 8.77. The molecule has 1 saturated heterocycles. The lowest BCUT2D eigenvalue weighted by atomic mass is 10.0. The summed E-state index contributed by atoms with van der Waals surface area (Å²) in [5.41, 5.74) is 6.02. The summed E-state index contributed by atoms with van der Waals surface area (Å²) in [6.07, 6.45) is 5.40. The Kier molecular flexibility index (Phi) is 5.42. The van der Waals surface area contributed by atoms with Gasteiger partial charge in [0.05, 0.1) is 12.7 Å². The third-order valence-corrected chi connectivity index (χ3v) is 4.44. The van der Waals surface area contributed by atoms with Crippen LogP contribution in [0.5, 0.6) is 0 Å². The molecule has 0 aromatic carbocycles. The Morgan fingerprint density at radius 1 is 1.39 bits per heavy atom. The van der Waals surface area contributed by atoms with Crippen molar-refractivity contribution in [2.24, 2.45) is 11.7 Å². The van der Waals surface area contributed by atoms with Crippen LogP contribution in [0.4, 0.5) is 0 Å². The Morgan fingerprint density at radius 2 is 2.17 bits per heavy atom. The van der Waals surface area contributed by atoms with Crippen molar-refractivity contribution in [2.45, 2.75) is 50.8 Å². The third kappa shape index (κ3) is 3.44. The predicted octanol–water partition coefficient (Wildman–Crippen LogP) is 1.24. The smallest absolute Gasteiger partial charge is 0.0743 e. The summed E-state index contributed by atoms with van der Waals surface area (Å²) in [6, 6.07) is 0.969. The fraction of sp³-hybridized carbons (Fsp3) is 1.00. The zero-order chi connectivity index (χ0) is 13.0. The molecule has 106 valence electrons. The van der Waals surface area contributed by atoms with Crippen LogP contribution in [0.2, 0.25) is 0 Å². The van der Waals surface area contributed by atoms with E-state index in [0.29, 0.717) is 24.7 Å². The van der Waals surface area contributed by atoms with Gasteiger partial charge in [0.15, 0.2) is 0 Å². The fourth-order valence-corrected chi connectivity index (χ4v) is 3.12. The van der Waals surface area contributed by atoms with Crippen molar-refractivity contribution >= 4 is 0 Å². The highest BCUT2D eigenvalue weighted by atomic mass is 16.5. The van der Waals surface area contributed by atoms with Crippen LogP contribution in [0, 0.1) is 5.92 Å². The molecule has 0 radical (unpaired) electrons. The SMILES string of the molecule is COCCN(C(C)C1CC1)C(CN)C1CCCO1. The van der Waals surface area contributed by atoms with Crippen LogP contribution < -0.4 is 5.73 Å². The molecule has 2 rings (SSSR count). The molecule has 2 fully saturated rings. The first-order valence-electron chi connectivity index (χ1n) is 7.34. The van der Waals surface area contributed by atoms with E-state index in [1.54, 1.807) is 7.11 Å². The van der Waals surface area contributed by atoms with Gasteiger partial charge in [-0.05, 0) is 38.5 Å². The monoisotopic (exact) mass is 256 g/mol. The van der Waals surface area contributed by atoms with Crippen LogP contribution >= 0.6 is 0 Å². The highest BCUT2D eigenvalue weighted by Gasteiger charge is 2.38. The quantitative estimate of drug-likeness (QED) is 0.710. The van der Waals surface area contributed by atoms with E-state index < -0.39 is 0 Å². The van der Waals surface area contributed by atoms with Crippen molar-refractivity contribution in [3.8, 4) is 0 Å². The van der Waals surface area contributed by atoms with Gasteiger partial charge in [0, 0.05) is 38.9 Å². The molecule has 1 aliphatic heterocycles.